The van der Waals surface area contributed by atoms with Crippen molar-refractivity contribution in [2.45, 2.75) is 46.6 Å². The molecule has 220 valence electrons. The minimum Gasteiger partial charge on any atom is -0.497 e. The van der Waals surface area contributed by atoms with Crippen LogP contribution in [0.2, 0.25) is 5.02 Å². The molecule has 1 fully saturated rings. The van der Waals surface area contributed by atoms with Gasteiger partial charge in [0.15, 0.2) is 0 Å². The molecule has 5 rings (SSSR count). The fraction of sp³-hybridized carbons (Fsp3) is 0.364. The molecule has 9 heteroatoms. The molecule has 0 saturated carbocycles. The van der Waals surface area contributed by atoms with Crippen molar-refractivity contribution in [3.8, 4) is 33.3 Å². The van der Waals surface area contributed by atoms with E-state index in [1.54, 1.807) is 17.7 Å². The lowest BCUT2D eigenvalue weighted by molar-refractivity contribution is 0.0707. The first-order valence-corrected chi connectivity index (χ1v) is 15.7. The van der Waals surface area contributed by atoms with Gasteiger partial charge in [0.05, 0.1) is 29.6 Å². The third-order valence-electron chi connectivity index (χ3n) is 7.58. The second-order valence-electron chi connectivity index (χ2n) is 11.2. The number of rotatable bonds is 8. The molecule has 42 heavy (non-hydrogen) atoms. The molecule has 7 nitrogen and oxygen atoms in total. The first-order chi connectivity index (χ1) is 20.2. The lowest BCUT2D eigenvalue weighted by Gasteiger charge is -2.33. The molecule has 1 N–H and O–H groups in total. The molecule has 1 amide bonds. The Balaban J connectivity index is 1.78. The van der Waals surface area contributed by atoms with E-state index in [0.29, 0.717) is 58.5 Å². The number of carbonyl (C=O) groups excluding carboxylic acids is 1. The zero-order chi connectivity index (χ0) is 30.0. The fourth-order valence-corrected chi connectivity index (χ4v) is 6.41. The minimum atomic E-state index is -0.198. The highest BCUT2D eigenvalue weighted by Gasteiger charge is 2.29. The van der Waals surface area contributed by atoms with Crippen molar-refractivity contribution >= 4 is 28.8 Å². The van der Waals surface area contributed by atoms with Crippen molar-refractivity contribution in [3.05, 3.63) is 86.1 Å². The van der Waals surface area contributed by atoms with E-state index >= 15 is 0 Å². The SMILES string of the molecule is CCc1ccc(OC)cc1-n1c(CC(C)C)c(C(=O)N2CCN[C@H](C)C2)cc(-c2nc(-c3ccc(Cl)cc3)cs2)c1=O. The van der Waals surface area contributed by atoms with E-state index in [-0.39, 0.29) is 23.4 Å². The smallest absolute Gasteiger partial charge is 0.265 e. The number of amides is 1. The monoisotopic (exact) mass is 604 g/mol. The number of thiazole rings is 1. The lowest BCUT2D eigenvalue weighted by atomic mass is 9.98. The molecule has 2 aromatic carbocycles. The number of pyridine rings is 1. The average Bonchev–Trinajstić information content (AvgIpc) is 3.47. The molecule has 0 unspecified atom stereocenters. The summed E-state index contributed by atoms with van der Waals surface area (Å²) in [6.45, 7) is 10.3. The number of aryl methyl sites for hydroxylation is 1. The summed E-state index contributed by atoms with van der Waals surface area (Å²) in [4.78, 5) is 35.6. The molecule has 1 aliphatic rings. The topological polar surface area (TPSA) is 76.5 Å². The highest BCUT2D eigenvalue weighted by Crippen LogP contribution is 2.32. The van der Waals surface area contributed by atoms with E-state index in [4.69, 9.17) is 21.3 Å². The summed E-state index contributed by atoms with van der Waals surface area (Å²) in [5.41, 5.74) is 4.86. The lowest BCUT2D eigenvalue weighted by Crippen LogP contribution is -2.51. The number of carbonyl (C=O) groups is 1. The van der Waals surface area contributed by atoms with Crippen molar-refractivity contribution in [3.63, 3.8) is 0 Å². The molecular formula is C33H37ClN4O3S. The molecule has 0 radical (unpaired) electrons. The molecule has 1 atom stereocenters. The summed E-state index contributed by atoms with van der Waals surface area (Å²) in [6, 6.07) is 15.2. The molecule has 3 heterocycles. The van der Waals surface area contributed by atoms with E-state index in [1.165, 1.54) is 11.3 Å². The van der Waals surface area contributed by atoms with Gasteiger partial charge < -0.3 is 15.0 Å². The van der Waals surface area contributed by atoms with Crippen LogP contribution in [0.25, 0.3) is 27.5 Å². The highest BCUT2D eigenvalue weighted by atomic mass is 35.5. The molecule has 4 aromatic rings. The zero-order valence-corrected chi connectivity index (χ0v) is 26.3. The summed E-state index contributed by atoms with van der Waals surface area (Å²) in [5, 5.41) is 6.57. The maximum atomic E-state index is 14.6. The first-order valence-electron chi connectivity index (χ1n) is 14.4. The van der Waals surface area contributed by atoms with Crippen LogP contribution in [0.1, 0.15) is 49.3 Å². The van der Waals surface area contributed by atoms with Crippen LogP contribution in [-0.4, -0.2) is 53.1 Å². The molecular weight excluding hydrogens is 568 g/mol. The zero-order valence-electron chi connectivity index (χ0n) is 24.7. The average molecular weight is 605 g/mol. The standard InChI is InChI=1S/C33H37ClN4O3S/c1-6-22-9-12-25(41-5)16-29(22)38-30(15-20(2)3)26(32(39)37-14-13-35-21(4)18-37)17-27(33(38)40)31-36-28(19-42-31)23-7-10-24(34)11-8-23/h7-12,16-17,19-21,35H,6,13-15,18H2,1-5H3/t21-/m1/s1. The Morgan fingerprint density at radius 2 is 1.95 bits per heavy atom. The number of nitrogens with one attached hydrogen (secondary N) is 1. The van der Waals surface area contributed by atoms with E-state index in [9.17, 15) is 9.59 Å². The van der Waals surface area contributed by atoms with Crippen molar-refractivity contribution < 1.29 is 9.53 Å². The van der Waals surface area contributed by atoms with Crippen LogP contribution in [0.15, 0.2) is 58.7 Å². The number of halogens is 1. The molecule has 1 saturated heterocycles. The van der Waals surface area contributed by atoms with Gasteiger partial charge in [-0.1, -0.05) is 50.6 Å². The first kappa shape index (κ1) is 30.0. The van der Waals surface area contributed by atoms with Gasteiger partial charge in [0.25, 0.3) is 11.5 Å². The van der Waals surface area contributed by atoms with E-state index in [0.717, 1.165) is 29.1 Å². The third-order valence-corrected chi connectivity index (χ3v) is 8.71. The quantitative estimate of drug-likeness (QED) is 0.249. The van der Waals surface area contributed by atoms with Crippen LogP contribution < -0.4 is 15.6 Å². The van der Waals surface area contributed by atoms with E-state index in [1.807, 2.05) is 52.7 Å². The summed E-state index contributed by atoms with van der Waals surface area (Å²) >= 11 is 7.50. The maximum Gasteiger partial charge on any atom is 0.265 e. The van der Waals surface area contributed by atoms with Gasteiger partial charge in [0.1, 0.15) is 10.8 Å². The van der Waals surface area contributed by atoms with Gasteiger partial charge in [-0.3, -0.25) is 14.2 Å². The van der Waals surface area contributed by atoms with Gasteiger partial charge in [-0.2, -0.15) is 0 Å². The maximum absolute atomic E-state index is 14.6. The normalized spacial score (nSPS) is 15.3. The van der Waals surface area contributed by atoms with Crippen LogP contribution in [-0.2, 0) is 12.8 Å². The van der Waals surface area contributed by atoms with Gasteiger partial charge in [-0.05, 0) is 55.5 Å². The summed E-state index contributed by atoms with van der Waals surface area (Å²) in [7, 11) is 1.62. The minimum absolute atomic E-state index is 0.0653. The van der Waals surface area contributed by atoms with Gasteiger partial charge in [-0.15, -0.1) is 11.3 Å². The predicted molar refractivity (Wildman–Crippen MR) is 171 cm³/mol. The summed E-state index contributed by atoms with van der Waals surface area (Å²) < 4.78 is 7.33. The van der Waals surface area contributed by atoms with Crippen LogP contribution in [0.5, 0.6) is 5.75 Å². The number of hydrogen-bond acceptors (Lipinski definition) is 6. The van der Waals surface area contributed by atoms with Crippen molar-refractivity contribution in [2.24, 2.45) is 5.92 Å². The van der Waals surface area contributed by atoms with Crippen LogP contribution in [0, 0.1) is 5.92 Å². The van der Waals surface area contributed by atoms with Crippen molar-refractivity contribution in [2.75, 3.05) is 26.7 Å². The fourth-order valence-electron chi connectivity index (χ4n) is 5.45. The summed E-state index contributed by atoms with van der Waals surface area (Å²) in [6.07, 6.45) is 1.28. The van der Waals surface area contributed by atoms with Gasteiger partial charge >= 0.3 is 0 Å². The Hall–Kier alpha value is -3.46. The molecule has 2 aromatic heterocycles. The number of hydrogen-bond donors (Lipinski definition) is 1. The predicted octanol–water partition coefficient (Wildman–Crippen LogP) is 6.48. The second kappa shape index (κ2) is 12.8. The number of aromatic nitrogens is 2. The highest BCUT2D eigenvalue weighted by molar-refractivity contribution is 7.13. The molecule has 0 bridgehead atoms. The van der Waals surface area contributed by atoms with Crippen LogP contribution in [0.4, 0.5) is 0 Å². The van der Waals surface area contributed by atoms with Crippen LogP contribution >= 0.6 is 22.9 Å². The Morgan fingerprint density at radius 3 is 2.62 bits per heavy atom. The van der Waals surface area contributed by atoms with E-state index < -0.39 is 0 Å². The number of methoxy groups -OCH3 is 1. The van der Waals surface area contributed by atoms with Crippen molar-refractivity contribution in [1.29, 1.82) is 0 Å². The number of piperazine rings is 1. The van der Waals surface area contributed by atoms with E-state index in [2.05, 4.69) is 33.0 Å². The number of nitrogens with zero attached hydrogens (tertiary/aromatic N) is 3. The Kier molecular flexibility index (Phi) is 9.16. The van der Waals surface area contributed by atoms with Crippen LogP contribution in [0.3, 0.4) is 0 Å². The largest absolute Gasteiger partial charge is 0.497 e. The molecule has 0 aliphatic carbocycles. The Morgan fingerprint density at radius 1 is 1.19 bits per heavy atom. The van der Waals surface area contributed by atoms with Gasteiger partial charge in [0, 0.05) is 53.4 Å². The van der Waals surface area contributed by atoms with Gasteiger partial charge in [0.2, 0.25) is 0 Å². The Labute approximate surface area is 256 Å². The third kappa shape index (κ3) is 6.16. The molecule has 1 aliphatic heterocycles. The Bertz CT molecular complexity index is 1640. The number of ether oxygens (including phenoxy) is 1. The summed E-state index contributed by atoms with van der Waals surface area (Å²) in [5.74, 6) is 0.796. The van der Waals surface area contributed by atoms with Crippen molar-refractivity contribution in [1.82, 2.24) is 19.8 Å². The number of benzene rings is 2. The second-order valence-corrected chi connectivity index (χ2v) is 12.5. The van der Waals surface area contributed by atoms with Gasteiger partial charge in [-0.25, -0.2) is 4.98 Å². The molecule has 0 spiro atoms.